The van der Waals surface area contributed by atoms with E-state index in [9.17, 15) is 14.9 Å². The Morgan fingerprint density at radius 2 is 1.86 bits per heavy atom. The lowest BCUT2D eigenvalue weighted by Gasteiger charge is -2.34. The van der Waals surface area contributed by atoms with Crippen LogP contribution in [0.25, 0.3) is 0 Å². The van der Waals surface area contributed by atoms with Gasteiger partial charge in [0.25, 0.3) is 5.91 Å². The Morgan fingerprint density at radius 3 is 2.50 bits per heavy atom. The number of carbonyl (C=O) groups is 2. The Hall–Kier alpha value is -3.73. The van der Waals surface area contributed by atoms with Crippen molar-refractivity contribution >= 4 is 23.3 Å². The van der Waals surface area contributed by atoms with E-state index < -0.39 is 5.91 Å². The summed E-state index contributed by atoms with van der Waals surface area (Å²) in [6.45, 7) is 4.15. The van der Waals surface area contributed by atoms with Crippen LogP contribution < -0.4 is 10.2 Å². The number of anilines is 2. The van der Waals surface area contributed by atoms with Crippen LogP contribution in [0, 0.1) is 11.3 Å². The molecule has 0 radical (unpaired) electrons. The third kappa shape index (κ3) is 4.71. The summed E-state index contributed by atoms with van der Waals surface area (Å²) in [5.41, 5.74) is 0.988. The van der Waals surface area contributed by atoms with Crippen molar-refractivity contribution < 1.29 is 9.59 Å². The zero-order chi connectivity index (χ0) is 19.9. The SMILES string of the molecule is CC(=O)c1cccc(NC(=O)/C(C#N)=C\N2CCN(c3ncccn3)CC2)c1. The van der Waals surface area contributed by atoms with Crippen LogP contribution in [0.4, 0.5) is 11.6 Å². The minimum absolute atomic E-state index is 0.0117. The van der Waals surface area contributed by atoms with Gasteiger partial charge in [-0.1, -0.05) is 12.1 Å². The van der Waals surface area contributed by atoms with Gasteiger partial charge in [0.1, 0.15) is 11.6 Å². The quantitative estimate of drug-likeness (QED) is 0.483. The van der Waals surface area contributed by atoms with Crippen molar-refractivity contribution in [1.82, 2.24) is 14.9 Å². The van der Waals surface area contributed by atoms with Crippen LogP contribution in [-0.4, -0.2) is 52.7 Å². The second kappa shape index (κ2) is 8.77. The number of benzene rings is 1. The smallest absolute Gasteiger partial charge is 0.267 e. The molecule has 0 bridgehead atoms. The minimum atomic E-state index is -0.503. The molecule has 1 saturated heterocycles. The Bertz CT molecular complexity index is 927. The average molecular weight is 376 g/mol. The third-order valence-corrected chi connectivity index (χ3v) is 4.35. The molecule has 1 fully saturated rings. The molecule has 8 heteroatoms. The molecule has 142 valence electrons. The second-order valence-electron chi connectivity index (χ2n) is 6.32. The molecule has 0 aliphatic carbocycles. The van der Waals surface area contributed by atoms with E-state index in [1.54, 1.807) is 48.9 Å². The first-order valence-electron chi connectivity index (χ1n) is 8.87. The maximum atomic E-state index is 12.4. The third-order valence-electron chi connectivity index (χ3n) is 4.35. The fourth-order valence-electron chi connectivity index (χ4n) is 2.84. The molecule has 0 unspecified atom stereocenters. The van der Waals surface area contributed by atoms with Crippen molar-refractivity contribution in [2.45, 2.75) is 6.92 Å². The topological polar surface area (TPSA) is 102 Å². The van der Waals surface area contributed by atoms with Gasteiger partial charge in [0.05, 0.1) is 0 Å². The van der Waals surface area contributed by atoms with Gasteiger partial charge in [0.15, 0.2) is 5.78 Å². The number of hydrogen-bond acceptors (Lipinski definition) is 7. The molecule has 1 aliphatic rings. The molecule has 0 atom stereocenters. The summed E-state index contributed by atoms with van der Waals surface area (Å²) in [4.78, 5) is 36.4. The number of Topliss-reactive ketones (excluding diaryl/α,β-unsaturated/α-hetero) is 1. The van der Waals surface area contributed by atoms with Gasteiger partial charge in [-0.05, 0) is 25.1 Å². The summed E-state index contributed by atoms with van der Waals surface area (Å²) < 4.78 is 0. The number of nitrogens with zero attached hydrogens (tertiary/aromatic N) is 5. The molecule has 2 heterocycles. The van der Waals surface area contributed by atoms with Crippen molar-refractivity contribution in [3.8, 4) is 6.07 Å². The van der Waals surface area contributed by atoms with Crippen LogP contribution in [-0.2, 0) is 4.79 Å². The normalized spacial score (nSPS) is 14.4. The Balaban J connectivity index is 1.62. The van der Waals surface area contributed by atoms with E-state index in [0.29, 0.717) is 43.4 Å². The first-order valence-corrected chi connectivity index (χ1v) is 8.87. The lowest BCUT2D eigenvalue weighted by molar-refractivity contribution is -0.112. The number of ketones is 1. The van der Waals surface area contributed by atoms with E-state index in [-0.39, 0.29) is 11.4 Å². The Labute approximate surface area is 163 Å². The molecule has 1 aliphatic heterocycles. The van der Waals surface area contributed by atoms with Crippen molar-refractivity contribution in [3.05, 3.63) is 60.1 Å². The molecular formula is C20H20N6O2. The number of rotatable bonds is 5. The summed E-state index contributed by atoms with van der Waals surface area (Å²) in [5.74, 6) is 0.0826. The van der Waals surface area contributed by atoms with E-state index in [4.69, 9.17) is 0 Å². The van der Waals surface area contributed by atoms with Crippen LogP contribution in [0.1, 0.15) is 17.3 Å². The zero-order valence-corrected chi connectivity index (χ0v) is 15.5. The van der Waals surface area contributed by atoms with Crippen molar-refractivity contribution in [3.63, 3.8) is 0 Å². The Kier molecular flexibility index (Phi) is 5.97. The summed E-state index contributed by atoms with van der Waals surface area (Å²) in [5, 5.41) is 12.1. The van der Waals surface area contributed by atoms with E-state index in [2.05, 4.69) is 20.2 Å². The van der Waals surface area contributed by atoms with Crippen molar-refractivity contribution in [2.75, 3.05) is 36.4 Å². The predicted molar refractivity (Wildman–Crippen MR) is 105 cm³/mol. The number of piperazine rings is 1. The molecule has 1 aromatic heterocycles. The first kappa shape index (κ1) is 19.0. The Morgan fingerprint density at radius 1 is 1.14 bits per heavy atom. The number of aromatic nitrogens is 2. The average Bonchev–Trinajstić information content (AvgIpc) is 2.73. The van der Waals surface area contributed by atoms with Gasteiger partial charge < -0.3 is 15.1 Å². The molecule has 0 spiro atoms. The summed E-state index contributed by atoms with van der Waals surface area (Å²) in [6.07, 6.45) is 4.98. The van der Waals surface area contributed by atoms with Crippen LogP contribution in [0.15, 0.2) is 54.5 Å². The molecule has 2 aromatic rings. The monoisotopic (exact) mass is 376 g/mol. The van der Waals surface area contributed by atoms with Crippen LogP contribution in [0.2, 0.25) is 0 Å². The number of nitriles is 1. The van der Waals surface area contributed by atoms with Gasteiger partial charge in [0, 0.05) is 56.0 Å². The minimum Gasteiger partial charge on any atom is -0.373 e. The van der Waals surface area contributed by atoms with E-state index in [1.807, 2.05) is 11.0 Å². The van der Waals surface area contributed by atoms with Crippen LogP contribution in [0.3, 0.4) is 0 Å². The van der Waals surface area contributed by atoms with Crippen LogP contribution >= 0.6 is 0 Å². The highest BCUT2D eigenvalue weighted by molar-refractivity contribution is 6.07. The molecule has 8 nitrogen and oxygen atoms in total. The van der Waals surface area contributed by atoms with Crippen molar-refractivity contribution in [2.24, 2.45) is 0 Å². The summed E-state index contributed by atoms with van der Waals surface area (Å²) >= 11 is 0. The predicted octanol–water partition coefficient (Wildman–Crippen LogP) is 1.85. The number of nitrogens with one attached hydrogen (secondary N) is 1. The highest BCUT2D eigenvalue weighted by atomic mass is 16.1. The molecule has 28 heavy (non-hydrogen) atoms. The van der Waals surface area contributed by atoms with Gasteiger partial charge in [-0.25, -0.2) is 9.97 Å². The maximum absolute atomic E-state index is 12.4. The molecular weight excluding hydrogens is 356 g/mol. The van der Waals surface area contributed by atoms with Gasteiger partial charge in [0.2, 0.25) is 5.95 Å². The maximum Gasteiger partial charge on any atom is 0.267 e. The lowest BCUT2D eigenvalue weighted by Crippen LogP contribution is -2.45. The van der Waals surface area contributed by atoms with Crippen LogP contribution in [0.5, 0.6) is 0 Å². The molecule has 0 saturated carbocycles. The zero-order valence-electron chi connectivity index (χ0n) is 15.5. The number of carbonyl (C=O) groups excluding carboxylic acids is 2. The lowest BCUT2D eigenvalue weighted by atomic mass is 10.1. The van der Waals surface area contributed by atoms with Crippen molar-refractivity contribution in [1.29, 1.82) is 5.26 Å². The number of hydrogen-bond donors (Lipinski definition) is 1. The number of amides is 1. The fourth-order valence-corrected chi connectivity index (χ4v) is 2.84. The summed E-state index contributed by atoms with van der Waals surface area (Å²) in [7, 11) is 0. The fraction of sp³-hybridized carbons (Fsp3) is 0.250. The van der Waals surface area contributed by atoms with Gasteiger partial charge >= 0.3 is 0 Å². The van der Waals surface area contributed by atoms with Gasteiger partial charge in [-0.3, -0.25) is 9.59 Å². The van der Waals surface area contributed by atoms with Gasteiger partial charge in [-0.2, -0.15) is 5.26 Å². The second-order valence-corrected chi connectivity index (χ2v) is 6.32. The van der Waals surface area contributed by atoms with E-state index >= 15 is 0 Å². The van der Waals surface area contributed by atoms with E-state index in [0.717, 1.165) is 0 Å². The summed E-state index contributed by atoms with van der Waals surface area (Å²) in [6, 6.07) is 10.4. The highest BCUT2D eigenvalue weighted by Crippen LogP contribution is 2.14. The first-order chi connectivity index (χ1) is 13.6. The largest absolute Gasteiger partial charge is 0.373 e. The van der Waals surface area contributed by atoms with Gasteiger partial charge in [-0.15, -0.1) is 0 Å². The molecule has 1 aromatic carbocycles. The standard InChI is InChI=1S/C20H20N6O2/c1-15(27)16-4-2-5-18(12-16)24-19(28)17(13-21)14-25-8-10-26(11-9-25)20-22-6-3-7-23-20/h2-7,12,14H,8-11H2,1H3,(H,24,28)/b17-14-. The van der Waals surface area contributed by atoms with E-state index in [1.165, 1.54) is 6.92 Å². The molecule has 3 rings (SSSR count). The molecule has 1 N–H and O–H groups in total. The highest BCUT2D eigenvalue weighted by Gasteiger charge is 2.19. The molecule has 1 amide bonds.